The van der Waals surface area contributed by atoms with Crippen LogP contribution in [0.5, 0.6) is 11.5 Å². The first-order valence-corrected chi connectivity index (χ1v) is 10.4. The summed E-state index contributed by atoms with van der Waals surface area (Å²) in [5.41, 5.74) is 0.562. The van der Waals surface area contributed by atoms with E-state index in [1.54, 1.807) is 26.2 Å². The number of nitrogens with zero attached hydrogens (tertiary/aromatic N) is 2. The van der Waals surface area contributed by atoms with Gasteiger partial charge in [-0.05, 0) is 51.7 Å². The summed E-state index contributed by atoms with van der Waals surface area (Å²) >= 11 is 0. The number of methoxy groups -OCH3 is 2. The molecule has 1 aromatic rings. The SMILES string of the molecule is CN=C(NCc1ccc(OC)cc1OC)NCC1CCN(C(=O)OC(C)(C)C)CC1. The van der Waals surface area contributed by atoms with Crippen molar-refractivity contribution >= 4 is 12.1 Å². The highest BCUT2D eigenvalue weighted by Gasteiger charge is 2.26. The minimum Gasteiger partial charge on any atom is -0.497 e. The monoisotopic (exact) mass is 420 g/mol. The van der Waals surface area contributed by atoms with Crippen molar-refractivity contribution in [1.29, 1.82) is 0 Å². The van der Waals surface area contributed by atoms with Crippen molar-refractivity contribution in [1.82, 2.24) is 15.5 Å². The van der Waals surface area contributed by atoms with Crippen LogP contribution in [0.1, 0.15) is 39.2 Å². The predicted molar refractivity (Wildman–Crippen MR) is 118 cm³/mol. The van der Waals surface area contributed by atoms with Crippen LogP contribution in [0.15, 0.2) is 23.2 Å². The van der Waals surface area contributed by atoms with Gasteiger partial charge in [-0.1, -0.05) is 0 Å². The van der Waals surface area contributed by atoms with Crippen molar-refractivity contribution in [2.24, 2.45) is 10.9 Å². The summed E-state index contributed by atoms with van der Waals surface area (Å²) in [5, 5.41) is 6.71. The molecule has 0 spiro atoms. The van der Waals surface area contributed by atoms with Crippen LogP contribution in [0.2, 0.25) is 0 Å². The van der Waals surface area contributed by atoms with Crippen LogP contribution in [0.25, 0.3) is 0 Å². The molecule has 2 N–H and O–H groups in total. The number of carbonyl (C=O) groups excluding carboxylic acids is 1. The molecule has 0 aromatic heterocycles. The quantitative estimate of drug-likeness (QED) is 0.544. The van der Waals surface area contributed by atoms with Gasteiger partial charge in [0.1, 0.15) is 17.1 Å². The predicted octanol–water partition coefficient (Wildman–Crippen LogP) is 3.02. The second-order valence-electron chi connectivity index (χ2n) is 8.40. The lowest BCUT2D eigenvalue weighted by atomic mass is 9.97. The van der Waals surface area contributed by atoms with Crippen molar-refractivity contribution in [3.63, 3.8) is 0 Å². The maximum absolute atomic E-state index is 12.2. The molecule has 0 saturated carbocycles. The highest BCUT2D eigenvalue weighted by molar-refractivity contribution is 5.79. The van der Waals surface area contributed by atoms with Crippen LogP contribution in [0.4, 0.5) is 4.79 Å². The van der Waals surface area contributed by atoms with Crippen LogP contribution in [0.3, 0.4) is 0 Å². The number of likely N-dealkylation sites (tertiary alicyclic amines) is 1. The van der Waals surface area contributed by atoms with E-state index in [1.807, 2.05) is 39.0 Å². The molecule has 0 atom stereocenters. The fraction of sp³-hybridized carbons (Fsp3) is 0.636. The minimum absolute atomic E-state index is 0.222. The van der Waals surface area contributed by atoms with Gasteiger partial charge in [0.2, 0.25) is 0 Å². The van der Waals surface area contributed by atoms with Crippen LogP contribution in [-0.2, 0) is 11.3 Å². The van der Waals surface area contributed by atoms with Crippen LogP contribution in [0, 0.1) is 5.92 Å². The Morgan fingerprint density at radius 1 is 1.17 bits per heavy atom. The Balaban J connectivity index is 1.77. The van der Waals surface area contributed by atoms with Gasteiger partial charge in [-0.15, -0.1) is 0 Å². The Kier molecular flexibility index (Phi) is 8.62. The number of hydrogen-bond acceptors (Lipinski definition) is 5. The standard InChI is InChI=1S/C22H36N4O4/c1-22(2,3)30-21(27)26-11-9-16(10-12-26)14-24-20(23-4)25-15-17-7-8-18(28-5)13-19(17)29-6/h7-8,13,16H,9-12,14-15H2,1-6H3,(H2,23,24,25). The summed E-state index contributed by atoms with van der Waals surface area (Å²) in [6.07, 6.45) is 1.66. The zero-order valence-corrected chi connectivity index (χ0v) is 19.1. The highest BCUT2D eigenvalue weighted by Crippen LogP contribution is 2.24. The van der Waals surface area contributed by atoms with Gasteiger partial charge in [0, 0.05) is 44.9 Å². The molecule has 168 valence electrons. The van der Waals surface area contributed by atoms with Gasteiger partial charge < -0.3 is 29.7 Å². The van der Waals surface area contributed by atoms with E-state index in [-0.39, 0.29) is 6.09 Å². The lowest BCUT2D eigenvalue weighted by Crippen LogP contribution is -2.45. The van der Waals surface area contributed by atoms with Gasteiger partial charge in [0.25, 0.3) is 0 Å². The summed E-state index contributed by atoms with van der Waals surface area (Å²) in [4.78, 5) is 18.3. The van der Waals surface area contributed by atoms with Crippen molar-refractivity contribution in [3.05, 3.63) is 23.8 Å². The Morgan fingerprint density at radius 2 is 1.87 bits per heavy atom. The second-order valence-corrected chi connectivity index (χ2v) is 8.40. The van der Waals surface area contributed by atoms with Crippen LogP contribution >= 0.6 is 0 Å². The lowest BCUT2D eigenvalue weighted by molar-refractivity contribution is 0.0185. The van der Waals surface area contributed by atoms with E-state index in [1.165, 1.54) is 0 Å². The topological polar surface area (TPSA) is 84.4 Å². The van der Waals surface area contributed by atoms with E-state index in [2.05, 4.69) is 15.6 Å². The number of benzene rings is 1. The van der Waals surface area contributed by atoms with Gasteiger partial charge in [0.05, 0.1) is 14.2 Å². The minimum atomic E-state index is -0.458. The molecule has 1 heterocycles. The van der Waals surface area contributed by atoms with E-state index in [0.29, 0.717) is 12.5 Å². The number of hydrogen-bond donors (Lipinski definition) is 2. The summed E-state index contributed by atoms with van der Waals surface area (Å²) < 4.78 is 16.1. The van der Waals surface area contributed by atoms with Gasteiger partial charge in [-0.2, -0.15) is 0 Å². The van der Waals surface area contributed by atoms with Crippen molar-refractivity contribution in [2.75, 3.05) is 40.9 Å². The van der Waals surface area contributed by atoms with Crippen molar-refractivity contribution in [3.8, 4) is 11.5 Å². The average Bonchev–Trinajstić information content (AvgIpc) is 2.73. The number of rotatable bonds is 6. The smallest absolute Gasteiger partial charge is 0.410 e. The molecule has 1 aromatic carbocycles. The van der Waals surface area contributed by atoms with Gasteiger partial charge in [-0.25, -0.2) is 4.79 Å². The van der Waals surface area contributed by atoms with Crippen LogP contribution in [-0.4, -0.2) is 63.5 Å². The number of nitrogens with one attached hydrogen (secondary N) is 2. The Hall–Kier alpha value is -2.64. The highest BCUT2D eigenvalue weighted by atomic mass is 16.6. The van der Waals surface area contributed by atoms with E-state index < -0.39 is 5.60 Å². The molecule has 2 rings (SSSR count). The molecule has 1 aliphatic heterocycles. The number of aliphatic imine (C=N–C) groups is 1. The molecule has 0 unspecified atom stereocenters. The molecule has 0 aliphatic carbocycles. The van der Waals surface area contributed by atoms with Crippen molar-refractivity contribution in [2.45, 2.75) is 45.8 Å². The van der Waals surface area contributed by atoms with E-state index >= 15 is 0 Å². The van der Waals surface area contributed by atoms with Gasteiger partial charge >= 0.3 is 6.09 Å². The first kappa shape index (κ1) is 23.6. The summed E-state index contributed by atoms with van der Waals surface area (Å²) in [5.74, 6) is 2.75. The molecular weight excluding hydrogens is 384 g/mol. The molecule has 30 heavy (non-hydrogen) atoms. The van der Waals surface area contributed by atoms with E-state index in [4.69, 9.17) is 14.2 Å². The number of guanidine groups is 1. The lowest BCUT2D eigenvalue weighted by Gasteiger charge is -2.33. The zero-order chi connectivity index (χ0) is 22.1. The van der Waals surface area contributed by atoms with Crippen molar-refractivity contribution < 1.29 is 19.0 Å². The average molecular weight is 421 g/mol. The molecular formula is C22H36N4O4. The third kappa shape index (κ3) is 7.31. The van der Waals surface area contributed by atoms with Gasteiger partial charge in [0.15, 0.2) is 5.96 Å². The van der Waals surface area contributed by atoms with E-state index in [0.717, 1.165) is 55.5 Å². The molecule has 0 radical (unpaired) electrons. The molecule has 1 saturated heterocycles. The molecule has 8 heteroatoms. The molecule has 1 amide bonds. The maximum Gasteiger partial charge on any atom is 0.410 e. The fourth-order valence-electron chi connectivity index (χ4n) is 3.28. The summed E-state index contributed by atoms with van der Waals surface area (Å²) in [6.45, 7) is 8.50. The normalized spacial score (nSPS) is 15.5. The number of ether oxygens (including phenoxy) is 3. The zero-order valence-electron chi connectivity index (χ0n) is 19.1. The summed E-state index contributed by atoms with van der Waals surface area (Å²) in [7, 11) is 5.04. The molecule has 1 fully saturated rings. The number of carbonyl (C=O) groups is 1. The van der Waals surface area contributed by atoms with Gasteiger partial charge in [-0.3, -0.25) is 4.99 Å². The third-order valence-electron chi connectivity index (χ3n) is 4.99. The first-order chi connectivity index (χ1) is 14.3. The first-order valence-electron chi connectivity index (χ1n) is 10.4. The molecule has 1 aliphatic rings. The molecule has 8 nitrogen and oxygen atoms in total. The van der Waals surface area contributed by atoms with Crippen LogP contribution < -0.4 is 20.1 Å². The second kappa shape index (κ2) is 10.9. The van der Waals surface area contributed by atoms with E-state index in [9.17, 15) is 4.79 Å². The summed E-state index contributed by atoms with van der Waals surface area (Å²) in [6, 6.07) is 5.75. The fourth-order valence-corrected chi connectivity index (χ4v) is 3.28. The maximum atomic E-state index is 12.2. The Bertz CT molecular complexity index is 722. The largest absolute Gasteiger partial charge is 0.497 e. The number of piperidine rings is 1. The molecule has 0 bridgehead atoms. The number of amides is 1. The Morgan fingerprint density at radius 3 is 2.43 bits per heavy atom. The third-order valence-corrected chi connectivity index (χ3v) is 4.99. The Labute approximate surface area is 180 Å².